The maximum absolute atomic E-state index is 12.2. The Balaban J connectivity index is 2.14. The average Bonchev–Trinajstić information content (AvgIpc) is 2.83. The minimum Gasteiger partial charge on any atom is -0.458 e. The highest BCUT2D eigenvalue weighted by molar-refractivity contribution is 9.10. The van der Waals surface area contributed by atoms with E-state index in [0.29, 0.717) is 22.7 Å². The Labute approximate surface area is 103 Å². The molecule has 2 atom stereocenters. The summed E-state index contributed by atoms with van der Waals surface area (Å²) in [5.74, 6) is 0.734. The SMILES string of the molecule is CC1CC(CN)CN1C(=O)c1occc1Br. The van der Waals surface area contributed by atoms with E-state index >= 15 is 0 Å². The normalized spacial score (nSPS) is 25.1. The van der Waals surface area contributed by atoms with Crippen molar-refractivity contribution in [3.05, 3.63) is 22.6 Å². The number of amides is 1. The van der Waals surface area contributed by atoms with Gasteiger partial charge in [-0.2, -0.15) is 0 Å². The molecule has 4 nitrogen and oxygen atoms in total. The van der Waals surface area contributed by atoms with Crippen LogP contribution in [0, 0.1) is 5.92 Å². The highest BCUT2D eigenvalue weighted by Crippen LogP contribution is 2.27. The minimum atomic E-state index is -0.0553. The van der Waals surface area contributed by atoms with Crippen LogP contribution in [0.5, 0.6) is 0 Å². The van der Waals surface area contributed by atoms with Crippen LogP contribution in [0.15, 0.2) is 21.2 Å². The summed E-state index contributed by atoms with van der Waals surface area (Å²) in [5, 5.41) is 0. The molecule has 1 amide bonds. The molecule has 2 rings (SSSR count). The summed E-state index contributed by atoms with van der Waals surface area (Å²) in [6.45, 7) is 3.40. The predicted octanol–water partition coefficient (Wildman–Crippen LogP) is 1.85. The minimum absolute atomic E-state index is 0.0553. The van der Waals surface area contributed by atoms with E-state index in [2.05, 4.69) is 15.9 Å². The number of carbonyl (C=O) groups is 1. The molecule has 16 heavy (non-hydrogen) atoms. The average molecular weight is 287 g/mol. The van der Waals surface area contributed by atoms with Gasteiger partial charge in [0.25, 0.3) is 5.91 Å². The quantitative estimate of drug-likeness (QED) is 0.903. The Kier molecular flexibility index (Phi) is 3.35. The summed E-state index contributed by atoms with van der Waals surface area (Å²) in [4.78, 5) is 14.0. The molecule has 0 saturated carbocycles. The second-order valence-corrected chi connectivity index (χ2v) is 5.10. The molecule has 1 aromatic rings. The first-order valence-electron chi connectivity index (χ1n) is 5.37. The van der Waals surface area contributed by atoms with Crippen LogP contribution in [-0.2, 0) is 0 Å². The maximum atomic E-state index is 12.2. The molecule has 1 aliphatic rings. The van der Waals surface area contributed by atoms with Gasteiger partial charge in [-0.05, 0) is 47.8 Å². The summed E-state index contributed by atoms with van der Waals surface area (Å²) in [5.41, 5.74) is 5.64. The lowest BCUT2D eigenvalue weighted by Gasteiger charge is -2.20. The monoisotopic (exact) mass is 286 g/mol. The molecular weight excluding hydrogens is 272 g/mol. The van der Waals surface area contributed by atoms with Gasteiger partial charge < -0.3 is 15.1 Å². The molecule has 1 aromatic heterocycles. The number of furan rings is 1. The van der Waals surface area contributed by atoms with E-state index < -0.39 is 0 Å². The van der Waals surface area contributed by atoms with Gasteiger partial charge in [0.15, 0.2) is 0 Å². The van der Waals surface area contributed by atoms with Gasteiger partial charge in [0.05, 0.1) is 10.7 Å². The van der Waals surface area contributed by atoms with Gasteiger partial charge in [-0.1, -0.05) is 0 Å². The number of nitrogens with two attached hydrogens (primary N) is 1. The van der Waals surface area contributed by atoms with E-state index in [1.165, 1.54) is 6.26 Å². The standard InChI is InChI=1S/C11H15BrN2O2/c1-7-4-8(5-13)6-14(7)11(15)10-9(12)2-3-16-10/h2-3,7-8H,4-6,13H2,1H3. The van der Waals surface area contributed by atoms with Gasteiger partial charge in [0.1, 0.15) is 0 Å². The smallest absolute Gasteiger partial charge is 0.290 e. The van der Waals surface area contributed by atoms with Crippen LogP contribution in [0.25, 0.3) is 0 Å². The van der Waals surface area contributed by atoms with E-state index in [-0.39, 0.29) is 11.9 Å². The first kappa shape index (κ1) is 11.7. The topological polar surface area (TPSA) is 59.5 Å². The van der Waals surface area contributed by atoms with Gasteiger partial charge in [-0.25, -0.2) is 0 Å². The summed E-state index contributed by atoms with van der Waals surface area (Å²) < 4.78 is 5.90. The van der Waals surface area contributed by atoms with Crippen LogP contribution in [0.2, 0.25) is 0 Å². The van der Waals surface area contributed by atoms with Gasteiger partial charge in [0.2, 0.25) is 5.76 Å². The fourth-order valence-electron chi connectivity index (χ4n) is 2.17. The number of rotatable bonds is 2. The van der Waals surface area contributed by atoms with Crippen LogP contribution in [0.4, 0.5) is 0 Å². The van der Waals surface area contributed by atoms with Gasteiger partial charge in [-0.15, -0.1) is 0 Å². The second kappa shape index (κ2) is 4.59. The Hall–Kier alpha value is -0.810. The number of likely N-dealkylation sites (tertiary alicyclic amines) is 1. The Morgan fingerprint density at radius 1 is 1.75 bits per heavy atom. The van der Waals surface area contributed by atoms with Crippen molar-refractivity contribution in [3.63, 3.8) is 0 Å². The van der Waals surface area contributed by atoms with Gasteiger partial charge >= 0.3 is 0 Å². The van der Waals surface area contributed by atoms with Crippen molar-refractivity contribution in [1.29, 1.82) is 0 Å². The van der Waals surface area contributed by atoms with E-state index in [9.17, 15) is 4.79 Å². The summed E-state index contributed by atoms with van der Waals surface area (Å²) in [6.07, 6.45) is 2.49. The Bertz CT molecular complexity index is 391. The molecule has 5 heteroatoms. The van der Waals surface area contributed by atoms with E-state index in [1.54, 1.807) is 6.07 Å². The fourth-order valence-corrected chi connectivity index (χ4v) is 2.54. The van der Waals surface area contributed by atoms with Crippen LogP contribution in [0.1, 0.15) is 23.9 Å². The molecule has 1 fully saturated rings. The number of carbonyl (C=O) groups excluding carboxylic acids is 1. The van der Waals surface area contributed by atoms with E-state index in [4.69, 9.17) is 10.2 Å². The predicted molar refractivity (Wildman–Crippen MR) is 64.1 cm³/mol. The molecule has 1 saturated heterocycles. The Morgan fingerprint density at radius 3 is 3.00 bits per heavy atom. The molecule has 88 valence electrons. The summed E-state index contributed by atoms with van der Waals surface area (Å²) in [6, 6.07) is 1.96. The van der Waals surface area contributed by atoms with Crippen molar-refractivity contribution in [2.45, 2.75) is 19.4 Å². The number of hydrogen-bond acceptors (Lipinski definition) is 3. The highest BCUT2D eigenvalue weighted by atomic mass is 79.9. The molecule has 2 heterocycles. The zero-order chi connectivity index (χ0) is 11.7. The third-order valence-corrected chi connectivity index (χ3v) is 3.69. The van der Waals surface area contributed by atoms with Gasteiger partial charge in [0, 0.05) is 12.6 Å². The van der Waals surface area contributed by atoms with Gasteiger partial charge in [-0.3, -0.25) is 4.79 Å². The molecule has 2 unspecified atom stereocenters. The molecular formula is C11H15BrN2O2. The largest absolute Gasteiger partial charge is 0.458 e. The maximum Gasteiger partial charge on any atom is 0.290 e. The lowest BCUT2D eigenvalue weighted by molar-refractivity contribution is 0.0710. The molecule has 0 spiro atoms. The molecule has 1 aliphatic heterocycles. The third kappa shape index (κ3) is 2.01. The summed E-state index contributed by atoms with van der Waals surface area (Å²) in [7, 11) is 0. The fraction of sp³-hybridized carbons (Fsp3) is 0.545. The van der Waals surface area contributed by atoms with Crippen molar-refractivity contribution in [2.24, 2.45) is 11.7 Å². The van der Waals surface area contributed by atoms with Crippen LogP contribution in [-0.4, -0.2) is 29.9 Å². The molecule has 0 radical (unpaired) electrons. The van der Waals surface area contributed by atoms with Crippen molar-refractivity contribution >= 4 is 21.8 Å². The lowest BCUT2D eigenvalue weighted by Crippen LogP contribution is -2.34. The second-order valence-electron chi connectivity index (χ2n) is 4.24. The first-order valence-corrected chi connectivity index (χ1v) is 6.16. The zero-order valence-corrected chi connectivity index (χ0v) is 10.7. The van der Waals surface area contributed by atoms with Crippen LogP contribution >= 0.6 is 15.9 Å². The van der Waals surface area contributed by atoms with Crippen LogP contribution < -0.4 is 5.73 Å². The molecule has 0 bridgehead atoms. The third-order valence-electron chi connectivity index (χ3n) is 3.07. The number of halogens is 1. The van der Waals surface area contributed by atoms with E-state index in [1.807, 2.05) is 11.8 Å². The number of hydrogen-bond donors (Lipinski definition) is 1. The lowest BCUT2D eigenvalue weighted by atomic mass is 10.1. The highest BCUT2D eigenvalue weighted by Gasteiger charge is 2.33. The molecule has 2 N–H and O–H groups in total. The molecule has 0 aliphatic carbocycles. The summed E-state index contributed by atoms with van der Waals surface area (Å²) >= 11 is 3.30. The van der Waals surface area contributed by atoms with Crippen LogP contribution in [0.3, 0.4) is 0 Å². The van der Waals surface area contributed by atoms with Crippen molar-refractivity contribution < 1.29 is 9.21 Å². The van der Waals surface area contributed by atoms with Crippen molar-refractivity contribution in [3.8, 4) is 0 Å². The van der Waals surface area contributed by atoms with Crippen molar-refractivity contribution in [2.75, 3.05) is 13.1 Å². The Morgan fingerprint density at radius 2 is 2.50 bits per heavy atom. The first-order chi connectivity index (χ1) is 7.63. The van der Waals surface area contributed by atoms with E-state index in [0.717, 1.165) is 13.0 Å². The van der Waals surface area contributed by atoms with Crippen molar-refractivity contribution in [1.82, 2.24) is 4.90 Å². The number of nitrogens with zero attached hydrogens (tertiary/aromatic N) is 1. The molecule has 0 aromatic carbocycles. The zero-order valence-electron chi connectivity index (χ0n) is 9.15.